The zero-order valence-electron chi connectivity index (χ0n) is 10.3. The van der Waals surface area contributed by atoms with Crippen LogP contribution in [0.25, 0.3) is 10.9 Å². The fourth-order valence-electron chi connectivity index (χ4n) is 1.95. The maximum absolute atomic E-state index is 12.3. The Morgan fingerprint density at radius 2 is 1.85 bits per heavy atom. The number of ketones is 1. The Morgan fingerprint density at radius 1 is 1.10 bits per heavy atom. The van der Waals surface area contributed by atoms with Gasteiger partial charge in [0.1, 0.15) is 0 Å². The molecule has 3 aromatic rings. The van der Waals surface area contributed by atoms with Crippen molar-refractivity contribution in [2.75, 3.05) is 0 Å². The number of fused-ring (bicyclic) bond motifs is 1. The number of carbonyl (C=O) groups is 1. The van der Waals surface area contributed by atoms with Crippen LogP contribution >= 0.6 is 11.6 Å². The molecule has 5 heteroatoms. The van der Waals surface area contributed by atoms with Crippen molar-refractivity contribution in [1.82, 2.24) is 9.97 Å². The van der Waals surface area contributed by atoms with Crippen molar-refractivity contribution in [3.63, 3.8) is 0 Å². The highest BCUT2D eigenvalue weighted by Crippen LogP contribution is 2.15. The third kappa shape index (κ3) is 2.21. The fraction of sp³-hybridized carbons (Fsp3) is 0. The van der Waals surface area contributed by atoms with Crippen molar-refractivity contribution in [2.24, 2.45) is 0 Å². The standard InChI is InChI=1S/C15H9ClN2O2/c16-10-6-7-11-12(8-10)17-14(18-15(11)20)13(19)9-4-2-1-3-5-9/h1-8H,(H,17,18,20). The number of hydrogen-bond acceptors (Lipinski definition) is 3. The number of carbonyl (C=O) groups excluding carboxylic acids is 1. The molecule has 0 aliphatic rings. The minimum Gasteiger partial charge on any atom is -0.303 e. The summed E-state index contributed by atoms with van der Waals surface area (Å²) < 4.78 is 0. The van der Waals surface area contributed by atoms with Crippen LogP contribution in [0.4, 0.5) is 0 Å². The molecule has 0 aliphatic carbocycles. The molecule has 1 N–H and O–H groups in total. The van der Waals surface area contributed by atoms with E-state index >= 15 is 0 Å². The molecule has 98 valence electrons. The second-order valence-corrected chi connectivity index (χ2v) is 4.71. The van der Waals surface area contributed by atoms with E-state index in [2.05, 4.69) is 9.97 Å². The summed E-state index contributed by atoms with van der Waals surface area (Å²) in [4.78, 5) is 30.9. The van der Waals surface area contributed by atoms with E-state index in [0.717, 1.165) is 0 Å². The van der Waals surface area contributed by atoms with Crippen LogP contribution in [0.5, 0.6) is 0 Å². The lowest BCUT2D eigenvalue weighted by molar-refractivity contribution is 0.102. The number of rotatable bonds is 2. The number of aromatic nitrogens is 2. The Kier molecular flexibility index (Phi) is 3.08. The Balaban J connectivity index is 2.18. The number of halogens is 1. The molecule has 0 radical (unpaired) electrons. The Bertz CT molecular complexity index is 857. The van der Waals surface area contributed by atoms with Gasteiger partial charge in [-0.2, -0.15) is 0 Å². The number of H-pyrrole nitrogens is 1. The van der Waals surface area contributed by atoms with E-state index in [1.165, 1.54) is 0 Å². The number of hydrogen-bond donors (Lipinski definition) is 1. The molecule has 1 aromatic heterocycles. The van der Waals surface area contributed by atoms with Gasteiger partial charge in [-0.1, -0.05) is 41.9 Å². The van der Waals surface area contributed by atoms with Gasteiger partial charge in [0.15, 0.2) is 5.82 Å². The highest BCUT2D eigenvalue weighted by molar-refractivity contribution is 6.31. The van der Waals surface area contributed by atoms with Crippen molar-refractivity contribution in [1.29, 1.82) is 0 Å². The van der Waals surface area contributed by atoms with E-state index in [4.69, 9.17) is 11.6 Å². The molecule has 3 rings (SSSR count). The molecule has 0 saturated heterocycles. The summed E-state index contributed by atoms with van der Waals surface area (Å²) in [6.07, 6.45) is 0. The van der Waals surface area contributed by atoms with Gasteiger partial charge in [0.05, 0.1) is 10.9 Å². The molecule has 0 amide bonds. The second-order valence-electron chi connectivity index (χ2n) is 4.27. The number of nitrogens with zero attached hydrogens (tertiary/aromatic N) is 1. The molecular weight excluding hydrogens is 276 g/mol. The zero-order valence-corrected chi connectivity index (χ0v) is 11.0. The lowest BCUT2D eigenvalue weighted by atomic mass is 10.1. The zero-order chi connectivity index (χ0) is 14.1. The Morgan fingerprint density at radius 3 is 2.60 bits per heavy atom. The minimum atomic E-state index is -0.356. The van der Waals surface area contributed by atoms with Crippen molar-refractivity contribution in [3.8, 4) is 0 Å². The van der Waals surface area contributed by atoms with Gasteiger partial charge in [-0.3, -0.25) is 9.59 Å². The summed E-state index contributed by atoms with van der Waals surface area (Å²) in [6, 6.07) is 13.4. The molecular formula is C15H9ClN2O2. The molecule has 0 atom stereocenters. The minimum absolute atomic E-state index is 0.0102. The van der Waals surface area contributed by atoms with Gasteiger partial charge < -0.3 is 4.98 Å². The Labute approximate surface area is 119 Å². The lowest BCUT2D eigenvalue weighted by Gasteiger charge is -2.02. The molecule has 0 bridgehead atoms. The van der Waals surface area contributed by atoms with E-state index in [0.29, 0.717) is 21.5 Å². The number of benzene rings is 2. The fourth-order valence-corrected chi connectivity index (χ4v) is 2.11. The molecule has 2 aromatic carbocycles. The van der Waals surface area contributed by atoms with Gasteiger partial charge in [0.2, 0.25) is 5.78 Å². The third-order valence-corrected chi connectivity index (χ3v) is 3.15. The molecule has 0 unspecified atom stereocenters. The largest absolute Gasteiger partial charge is 0.303 e. The van der Waals surface area contributed by atoms with Gasteiger partial charge >= 0.3 is 0 Å². The van der Waals surface area contributed by atoms with Crippen LogP contribution in [0.2, 0.25) is 5.02 Å². The highest BCUT2D eigenvalue weighted by atomic mass is 35.5. The molecule has 0 saturated carbocycles. The smallest absolute Gasteiger partial charge is 0.259 e. The van der Waals surface area contributed by atoms with Crippen LogP contribution in [0.15, 0.2) is 53.3 Å². The van der Waals surface area contributed by atoms with Crippen LogP contribution in [0.3, 0.4) is 0 Å². The molecule has 20 heavy (non-hydrogen) atoms. The summed E-state index contributed by atoms with van der Waals surface area (Å²) in [5.74, 6) is -0.319. The molecule has 0 fully saturated rings. The van der Waals surface area contributed by atoms with Crippen LogP contribution in [0, 0.1) is 0 Å². The average Bonchev–Trinajstić information content (AvgIpc) is 2.46. The van der Waals surface area contributed by atoms with Gasteiger partial charge in [0.25, 0.3) is 5.56 Å². The molecule has 0 aliphatic heterocycles. The average molecular weight is 285 g/mol. The highest BCUT2D eigenvalue weighted by Gasteiger charge is 2.13. The summed E-state index contributed by atoms with van der Waals surface area (Å²) in [7, 11) is 0. The molecule has 0 spiro atoms. The summed E-state index contributed by atoms with van der Waals surface area (Å²) in [5.41, 5.74) is 0.517. The van der Waals surface area contributed by atoms with E-state index in [-0.39, 0.29) is 17.2 Å². The first-order valence-electron chi connectivity index (χ1n) is 5.94. The first kappa shape index (κ1) is 12.6. The number of nitrogens with one attached hydrogen (secondary N) is 1. The first-order chi connectivity index (χ1) is 9.65. The monoisotopic (exact) mass is 284 g/mol. The van der Waals surface area contributed by atoms with Crippen molar-refractivity contribution in [3.05, 3.63) is 75.3 Å². The summed E-state index contributed by atoms with van der Waals surface area (Å²) in [6.45, 7) is 0. The van der Waals surface area contributed by atoms with E-state index < -0.39 is 0 Å². The van der Waals surface area contributed by atoms with Gasteiger partial charge in [-0.05, 0) is 18.2 Å². The third-order valence-electron chi connectivity index (χ3n) is 2.92. The quantitative estimate of drug-likeness (QED) is 0.736. The maximum atomic E-state index is 12.3. The van der Waals surface area contributed by atoms with Crippen molar-refractivity contribution < 1.29 is 4.79 Å². The van der Waals surface area contributed by atoms with Gasteiger partial charge in [-0.15, -0.1) is 0 Å². The van der Waals surface area contributed by atoms with Crippen molar-refractivity contribution >= 4 is 28.3 Å². The maximum Gasteiger partial charge on any atom is 0.259 e. The lowest BCUT2D eigenvalue weighted by Crippen LogP contribution is -2.16. The predicted molar refractivity (Wildman–Crippen MR) is 77.2 cm³/mol. The van der Waals surface area contributed by atoms with E-state index in [1.54, 1.807) is 42.5 Å². The van der Waals surface area contributed by atoms with Crippen molar-refractivity contribution in [2.45, 2.75) is 0 Å². The van der Waals surface area contributed by atoms with Gasteiger partial charge in [-0.25, -0.2) is 4.98 Å². The predicted octanol–water partition coefficient (Wildman–Crippen LogP) is 2.81. The topological polar surface area (TPSA) is 62.8 Å². The van der Waals surface area contributed by atoms with Crippen LogP contribution < -0.4 is 5.56 Å². The van der Waals surface area contributed by atoms with Crippen LogP contribution in [-0.4, -0.2) is 15.8 Å². The SMILES string of the molecule is O=C(c1ccccc1)c1nc2cc(Cl)ccc2c(=O)[nH]1. The Hall–Kier alpha value is -2.46. The van der Waals surface area contributed by atoms with Gasteiger partial charge in [0, 0.05) is 10.6 Å². The first-order valence-corrected chi connectivity index (χ1v) is 6.32. The van der Waals surface area contributed by atoms with E-state index in [9.17, 15) is 9.59 Å². The summed E-state index contributed by atoms with van der Waals surface area (Å²) in [5, 5.41) is 0.868. The molecule has 1 heterocycles. The number of aromatic amines is 1. The molecule has 4 nitrogen and oxygen atoms in total. The van der Waals surface area contributed by atoms with E-state index in [1.807, 2.05) is 6.07 Å². The summed E-state index contributed by atoms with van der Waals surface area (Å²) >= 11 is 5.88. The second kappa shape index (κ2) is 4.90. The normalized spacial score (nSPS) is 10.7. The van der Waals surface area contributed by atoms with Crippen LogP contribution in [-0.2, 0) is 0 Å². The van der Waals surface area contributed by atoms with Crippen LogP contribution in [0.1, 0.15) is 16.2 Å².